The van der Waals surface area contributed by atoms with Gasteiger partial charge in [0.1, 0.15) is 6.61 Å². The molecule has 0 aromatic rings. The van der Waals surface area contributed by atoms with Gasteiger partial charge in [-0.25, -0.2) is 0 Å². The van der Waals surface area contributed by atoms with Crippen LogP contribution in [0.15, 0.2) is 24.3 Å². The van der Waals surface area contributed by atoms with E-state index in [4.69, 9.17) is 85.3 Å². The largest absolute Gasteiger partial charge is 0.462 e. The van der Waals surface area contributed by atoms with Crippen molar-refractivity contribution < 1.29 is 94.9 Å². The maximum Gasteiger partial charge on any atom is 0.306 e. The van der Waals surface area contributed by atoms with E-state index in [0.29, 0.717) is 152 Å². The molecule has 0 spiro atoms. The van der Waals surface area contributed by atoms with Crippen molar-refractivity contribution in [2.45, 2.75) is 200 Å². The Kier molecular flexibility index (Phi) is 74.9. The molecule has 0 aliphatic carbocycles. The molecule has 0 bridgehead atoms. The fraction of sp³-hybridized carbons (Fsp3) is 0.915. The summed E-state index contributed by atoms with van der Waals surface area (Å²) in [6.07, 6.45) is 39.5. The van der Waals surface area contributed by atoms with Crippen LogP contribution in [0.25, 0.3) is 0 Å². The molecule has 91 heavy (non-hydrogen) atoms. The molecule has 0 aliphatic heterocycles. The molecule has 0 N–H and O–H groups in total. The second-order valence-electron chi connectivity index (χ2n) is 23.1. The molecule has 0 saturated carbocycles. The van der Waals surface area contributed by atoms with E-state index in [-0.39, 0.29) is 77.8 Å². The van der Waals surface area contributed by atoms with Crippen molar-refractivity contribution in [1.82, 2.24) is 0 Å². The van der Waals surface area contributed by atoms with Crippen LogP contribution in [0.3, 0.4) is 0 Å². The summed E-state index contributed by atoms with van der Waals surface area (Å²) in [5, 5.41) is 0. The molecule has 0 aromatic carbocycles. The van der Waals surface area contributed by atoms with E-state index >= 15 is 0 Å². The van der Waals surface area contributed by atoms with Crippen molar-refractivity contribution in [1.29, 1.82) is 0 Å². The first-order chi connectivity index (χ1) is 45.0. The van der Waals surface area contributed by atoms with Gasteiger partial charge in [-0.05, 0) is 64.2 Å². The molecule has 0 rings (SSSR count). The lowest BCUT2D eigenvalue weighted by Crippen LogP contribution is -2.43. The maximum absolute atomic E-state index is 13.5. The molecule has 20 heteroatoms. The first-order valence-corrected chi connectivity index (χ1v) is 35.6. The number of hydrogen-bond acceptors (Lipinski definition) is 20. The zero-order chi connectivity index (χ0) is 65.8. The molecule has 0 aromatic heterocycles. The van der Waals surface area contributed by atoms with E-state index < -0.39 is 11.5 Å². The lowest BCUT2D eigenvalue weighted by atomic mass is 9.92. The standard InChI is InChI=1S/C71H136O20/c1-6-8-10-12-14-16-18-20-22-24-26-28-30-32-34-36-69(72)90-63-68(91-70(73)37-35-33-31-29-27-25-23-21-19-17-15-13-11-9-7-2)62-89-67-71(64-86-59-56-83-53-50-80-47-44-77-41-38-74-3,65-87-60-57-84-54-51-81-48-45-78-42-39-75-4)66-88-61-58-85-55-52-82-49-46-79-43-40-76-5/h20-23,68H,6-19,24-67H2,1-5H3/b22-20-,23-21-. The lowest BCUT2D eigenvalue weighted by Gasteiger charge is -2.33. The van der Waals surface area contributed by atoms with E-state index in [1.165, 1.54) is 89.9 Å². The summed E-state index contributed by atoms with van der Waals surface area (Å²) in [4.78, 5) is 26.7. The molecular formula is C71H136O20. The number of unbranched alkanes of at least 4 members (excludes halogenated alkanes) is 22. The highest BCUT2D eigenvalue weighted by Crippen LogP contribution is 2.22. The van der Waals surface area contributed by atoms with Crippen molar-refractivity contribution in [3.8, 4) is 0 Å². The van der Waals surface area contributed by atoms with E-state index in [9.17, 15) is 9.59 Å². The van der Waals surface area contributed by atoms with Crippen molar-refractivity contribution in [2.75, 3.05) is 220 Å². The van der Waals surface area contributed by atoms with Gasteiger partial charge in [0.05, 0.1) is 197 Å². The van der Waals surface area contributed by atoms with E-state index in [1.54, 1.807) is 21.3 Å². The Morgan fingerprint density at radius 2 is 0.538 bits per heavy atom. The van der Waals surface area contributed by atoms with Crippen LogP contribution in [0.4, 0.5) is 0 Å². The number of carbonyl (C=O) groups excluding carboxylic acids is 2. The minimum Gasteiger partial charge on any atom is -0.462 e. The molecular weight excluding hydrogens is 1170 g/mol. The third kappa shape index (κ3) is 70.4. The highest BCUT2D eigenvalue weighted by molar-refractivity contribution is 5.70. The summed E-state index contributed by atoms with van der Waals surface area (Å²) in [6, 6.07) is 0. The van der Waals surface area contributed by atoms with Gasteiger partial charge < -0.3 is 85.3 Å². The Morgan fingerprint density at radius 1 is 0.286 bits per heavy atom. The zero-order valence-corrected chi connectivity index (χ0v) is 58.6. The average molecular weight is 1310 g/mol. The summed E-state index contributed by atoms with van der Waals surface area (Å²) in [7, 11) is 4.92. The van der Waals surface area contributed by atoms with E-state index in [2.05, 4.69) is 38.2 Å². The summed E-state index contributed by atoms with van der Waals surface area (Å²) in [6.45, 7) is 15.2. The van der Waals surface area contributed by atoms with Gasteiger partial charge >= 0.3 is 11.9 Å². The fourth-order valence-electron chi connectivity index (χ4n) is 9.23. The minimum absolute atomic E-state index is 0.0256. The van der Waals surface area contributed by atoms with Gasteiger partial charge in [-0.1, -0.05) is 141 Å². The fourth-order valence-corrected chi connectivity index (χ4v) is 9.23. The van der Waals surface area contributed by atoms with E-state index in [1.807, 2.05) is 0 Å². The van der Waals surface area contributed by atoms with Gasteiger partial charge in [-0.15, -0.1) is 0 Å². The quantitative estimate of drug-likeness (QED) is 0.0316. The summed E-state index contributed by atoms with van der Waals surface area (Å²) < 4.78 is 103. The maximum atomic E-state index is 13.5. The highest BCUT2D eigenvalue weighted by Gasteiger charge is 2.33. The molecule has 0 aliphatic rings. The monoisotopic (exact) mass is 1310 g/mol. The molecule has 0 amide bonds. The topological polar surface area (TPSA) is 200 Å². The number of methoxy groups -OCH3 is 3. The SMILES string of the molecule is CCCCCCCC/C=C\CCCCCCCC(=O)OCC(COCC(COCCOCCOCCOCCOC)(COCCOCCOCCOCCOC)COCCOCCOCCOCCOC)OC(=O)CCCCCCC/C=C\CCCCCCCC. The predicted octanol–water partition coefficient (Wildman–Crippen LogP) is 12.7. The number of hydrogen-bond donors (Lipinski definition) is 0. The molecule has 0 radical (unpaired) electrons. The molecule has 0 fully saturated rings. The Morgan fingerprint density at radius 3 is 0.846 bits per heavy atom. The Hall–Kier alpha value is -2.22. The second kappa shape index (κ2) is 76.8. The Labute approximate surface area is 553 Å². The lowest BCUT2D eigenvalue weighted by molar-refractivity contribution is -0.166. The average Bonchev–Trinajstić information content (AvgIpc) is 2.93. The van der Waals surface area contributed by atoms with Gasteiger partial charge in [0.15, 0.2) is 6.10 Å². The summed E-state index contributed by atoms with van der Waals surface area (Å²) in [5.74, 6) is -0.661. The Bertz CT molecular complexity index is 1420. The van der Waals surface area contributed by atoms with Crippen LogP contribution in [0, 0.1) is 5.41 Å². The van der Waals surface area contributed by atoms with Crippen LogP contribution in [0.5, 0.6) is 0 Å². The normalized spacial score (nSPS) is 12.4. The van der Waals surface area contributed by atoms with Crippen molar-refractivity contribution in [3.05, 3.63) is 24.3 Å². The molecule has 20 nitrogen and oxygen atoms in total. The minimum atomic E-state index is -0.845. The number of allylic oxidation sites excluding steroid dienone is 4. The zero-order valence-electron chi connectivity index (χ0n) is 58.6. The van der Waals surface area contributed by atoms with Crippen LogP contribution in [-0.4, -0.2) is 238 Å². The Balaban J connectivity index is 5.89. The van der Waals surface area contributed by atoms with Crippen LogP contribution in [0.1, 0.15) is 194 Å². The molecule has 0 saturated heterocycles. The van der Waals surface area contributed by atoms with Crippen LogP contribution < -0.4 is 0 Å². The third-order valence-electron chi connectivity index (χ3n) is 14.6. The van der Waals surface area contributed by atoms with Crippen LogP contribution in [-0.2, 0) is 94.9 Å². The number of ether oxygens (including phenoxy) is 18. The van der Waals surface area contributed by atoms with Gasteiger partial charge in [0.25, 0.3) is 0 Å². The predicted molar refractivity (Wildman–Crippen MR) is 358 cm³/mol. The second-order valence-corrected chi connectivity index (χ2v) is 23.1. The number of esters is 2. The van der Waals surface area contributed by atoms with E-state index in [0.717, 1.165) is 70.6 Å². The van der Waals surface area contributed by atoms with Gasteiger partial charge in [0, 0.05) is 34.2 Å². The summed E-state index contributed by atoms with van der Waals surface area (Å²) in [5.41, 5.74) is -0.845. The highest BCUT2D eigenvalue weighted by atomic mass is 16.6. The van der Waals surface area contributed by atoms with Crippen molar-refractivity contribution >= 4 is 11.9 Å². The van der Waals surface area contributed by atoms with Crippen LogP contribution in [0.2, 0.25) is 0 Å². The van der Waals surface area contributed by atoms with Crippen LogP contribution >= 0.6 is 0 Å². The number of carbonyl (C=O) groups is 2. The molecule has 1 atom stereocenters. The van der Waals surface area contributed by atoms with Gasteiger partial charge in [-0.3, -0.25) is 9.59 Å². The van der Waals surface area contributed by atoms with Crippen molar-refractivity contribution in [3.63, 3.8) is 0 Å². The smallest absolute Gasteiger partial charge is 0.306 e. The first-order valence-electron chi connectivity index (χ1n) is 35.6. The molecule has 540 valence electrons. The van der Waals surface area contributed by atoms with Gasteiger partial charge in [-0.2, -0.15) is 0 Å². The third-order valence-corrected chi connectivity index (χ3v) is 14.6. The number of rotatable bonds is 79. The molecule has 1 unspecified atom stereocenters. The van der Waals surface area contributed by atoms with Gasteiger partial charge in [0.2, 0.25) is 0 Å². The molecule has 0 heterocycles. The summed E-state index contributed by atoms with van der Waals surface area (Å²) >= 11 is 0. The first kappa shape index (κ1) is 88.8. The van der Waals surface area contributed by atoms with Crippen molar-refractivity contribution in [2.24, 2.45) is 5.41 Å².